The maximum Gasteiger partial charge on any atom is 0.272 e. The summed E-state index contributed by atoms with van der Waals surface area (Å²) in [5.41, 5.74) is 0.736. The van der Waals surface area contributed by atoms with E-state index in [0.717, 1.165) is 31.3 Å². The molecule has 0 saturated carbocycles. The average molecular weight is 382 g/mol. The SMILES string of the molecule is CCCCN(C)C(=O)CSc1nc2ccsc2c(=O)n1CCC(C)C. The van der Waals surface area contributed by atoms with Crippen LogP contribution in [0.1, 0.15) is 40.0 Å². The number of carbonyl (C=O) groups is 1. The van der Waals surface area contributed by atoms with Crippen LogP contribution in [0.4, 0.5) is 0 Å². The Morgan fingerprint density at radius 2 is 2.20 bits per heavy atom. The van der Waals surface area contributed by atoms with Gasteiger partial charge in [-0.05, 0) is 30.2 Å². The first-order valence-electron chi connectivity index (χ1n) is 8.78. The van der Waals surface area contributed by atoms with Gasteiger partial charge in [0, 0.05) is 20.1 Å². The molecule has 2 aromatic heterocycles. The van der Waals surface area contributed by atoms with E-state index in [4.69, 9.17) is 0 Å². The number of thiophene rings is 1. The highest BCUT2D eigenvalue weighted by atomic mass is 32.2. The zero-order chi connectivity index (χ0) is 18.4. The molecule has 0 aliphatic carbocycles. The van der Waals surface area contributed by atoms with Crippen LogP contribution < -0.4 is 5.56 Å². The lowest BCUT2D eigenvalue weighted by molar-refractivity contribution is -0.127. The van der Waals surface area contributed by atoms with E-state index in [1.807, 2.05) is 18.5 Å². The van der Waals surface area contributed by atoms with Crippen molar-refractivity contribution in [2.75, 3.05) is 19.3 Å². The van der Waals surface area contributed by atoms with Crippen LogP contribution in [0, 0.1) is 5.92 Å². The molecular formula is C18H27N3O2S2. The van der Waals surface area contributed by atoms with E-state index in [2.05, 4.69) is 25.8 Å². The Hall–Kier alpha value is -1.34. The molecule has 0 saturated heterocycles. The molecule has 0 fully saturated rings. The van der Waals surface area contributed by atoms with Gasteiger partial charge in [-0.15, -0.1) is 11.3 Å². The van der Waals surface area contributed by atoms with E-state index in [9.17, 15) is 9.59 Å². The highest BCUT2D eigenvalue weighted by Crippen LogP contribution is 2.22. The zero-order valence-electron chi connectivity index (χ0n) is 15.4. The van der Waals surface area contributed by atoms with Crippen molar-refractivity contribution < 1.29 is 4.79 Å². The van der Waals surface area contributed by atoms with Crippen LogP contribution in [-0.2, 0) is 11.3 Å². The molecule has 0 N–H and O–H groups in total. The van der Waals surface area contributed by atoms with Gasteiger partial charge < -0.3 is 4.90 Å². The third kappa shape index (κ3) is 5.31. The van der Waals surface area contributed by atoms with Crippen LogP contribution >= 0.6 is 23.1 Å². The topological polar surface area (TPSA) is 55.2 Å². The Morgan fingerprint density at radius 1 is 1.44 bits per heavy atom. The van der Waals surface area contributed by atoms with Crippen molar-refractivity contribution in [3.05, 3.63) is 21.8 Å². The Kier molecular flexibility index (Phi) is 7.50. The number of hydrogen-bond acceptors (Lipinski definition) is 5. The summed E-state index contributed by atoms with van der Waals surface area (Å²) in [5.74, 6) is 0.892. The highest BCUT2D eigenvalue weighted by Gasteiger charge is 2.16. The second kappa shape index (κ2) is 9.38. The van der Waals surface area contributed by atoms with Crippen molar-refractivity contribution in [2.24, 2.45) is 5.92 Å². The molecule has 2 heterocycles. The standard InChI is InChI=1S/C18H27N3O2S2/c1-5-6-9-20(4)15(22)12-25-18-19-14-8-11-24-16(14)17(23)21(18)10-7-13(2)3/h8,11,13H,5-7,9-10,12H2,1-4H3. The summed E-state index contributed by atoms with van der Waals surface area (Å²) < 4.78 is 2.43. The van der Waals surface area contributed by atoms with Crippen LogP contribution in [0.3, 0.4) is 0 Å². The molecule has 2 rings (SSSR count). The van der Waals surface area contributed by atoms with Crippen molar-refractivity contribution in [3.8, 4) is 0 Å². The molecule has 0 bridgehead atoms. The smallest absolute Gasteiger partial charge is 0.272 e. The fraction of sp³-hybridized carbons (Fsp3) is 0.611. The lowest BCUT2D eigenvalue weighted by Gasteiger charge is -2.17. The van der Waals surface area contributed by atoms with Gasteiger partial charge in [-0.3, -0.25) is 14.2 Å². The summed E-state index contributed by atoms with van der Waals surface area (Å²) in [6.07, 6.45) is 2.98. The normalized spacial score (nSPS) is 11.4. The van der Waals surface area contributed by atoms with Crippen molar-refractivity contribution in [1.29, 1.82) is 0 Å². The summed E-state index contributed by atoms with van der Waals surface area (Å²) in [7, 11) is 1.83. The third-order valence-electron chi connectivity index (χ3n) is 4.06. The molecule has 138 valence electrons. The van der Waals surface area contributed by atoms with Gasteiger partial charge in [0.2, 0.25) is 5.91 Å². The molecule has 7 heteroatoms. The van der Waals surface area contributed by atoms with Crippen LogP contribution in [0.15, 0.2) is 21.4 Å². The number of rotatable bonds is 9. The quantitative estimate of drug-likeness (QED) is 0.489. The van der Waals surface area contributed by atoms with Crippen LogP contribution in [0.25, 0.3) is 10.2 Å². The van der Waals surface area contributed by atoms with E-state index >= 15 is 0 Å². The average Bonchev–Trinajstić information content (AvgIpc) is 3.05. The highest BCUT2D eigenvalue weighted by molar-refractivity contribution is 7.99. The van der Waals surface area contributed by atoms with Gasteiger partial charge >= 0.3 is 0 Å². The monoisotopic (exact) mass is 381 g/mol. The van der Waals surface area contributed by atoms with E-state index in [1.165, 1.54) is 23.1 Å². The van der Waals surface area contributed by atoms with Crippen LogP contribution in [0.2, 0.25) is 0 Å². The summed E-state index contributed by atoms with van der Waals surface area (Å²) in [6.45, 7) is 7.80. The number of fused-ring (bicyclic) bond motifs is 1. The molecule has 0 aromatic carbocycles. The first-order chi connectivity index (χ1) is 11.9. The zero-order valence-corrected chi connectivity index (χ0v) is 17.1. The van der Waals surface area contributed by atoms with Crippen molar-refractivity contribution >= 4 is 39.2 Å². The first kappa shape index (κ1) is 20.0. The van der Waals surface area contributed by atoms with Gasteiger partial charge in [-0.1, -0.05) is 39.0 Å². The Bertz CT molecular complexity index is 767. The van der Waals surface area contributed by atoms with Gasteiger partial charge in [-0.2, -0.15) is 0 Å². The number of unbranched alkanes of at least 4 members (excludes halogenated alkanes) is 1. The molecule has 0 atom stereocenters. The molecule has 0 radical (unpaired) electrons. The first-order valence-corrected chi connectivity index (χ1v) is 10.6. The second-order valence-corrected chi connectivity index (χ2v) is 8.48. The van der Waals surface area contributed by atoms with Gasteiger partial charge in [0.25, 0.3) is 5.56 Å². The van der Waals surface area contributed by atoms with Crippen molar-refractivity contribution in [2.45, 2.75) is 51.7 Å². The lowest BCUT2D eigenvalue weighted by atomic mass is 10.1. The summed E-state index contributed by atoms with van der Waals surface area (Å²) in [4.78, 5) is 31.5. The summed E-state index contributed by atoms with van der Waals surface area (Å²) in [5, 5.41) is 2.54. The van der Waals surface area contributed by atoms with Crippen LogP contribution in [-0.4, -0.2) is 39.7 Å². The van der Waals surface area contributed by atoms with E-state index < -0.39 is 0 Å². The number of amides is 1. The summed E-state index contributed by atoms with van der Waals surface area (Å²) in [6, 6.07) is 1.87. The Balaban J connectivity index is 2.19. The Morgan fingerprint density at radius 3 is 2.88 bits per heavy atom. The molecule has 0 spiro atoms. The maximum atomic E-state index is 12.8. The van der Waals surface area contributed by atoms with E-state index in [0.29, 0.717) is 28.1 Å². The largest absolute Gasteiger partial charge is 0.345 e. The number of aromatic nitrogens is 2. The lowest BCUT2D eigenvalue weighted by Crippen LogP contribution is -2.30. The fourth-order valence-corrected chi connectivity index (χ4v) is 4.12. The number of nitrogens with zero attached hydrogens (tertiary/aromatic N) is 3. The number of carbonyl (C=O) groups excluding carboxylic acids is 1. The molecule has 2 aromatic rings. The van der Waals surface area contributed by atoms with Gasteiger partial charge in [0.1, 0.15) is 4.70 Å². The second-order valence-electron chi connectivity index (χ2n) is 6.63. The number of thioether (sulfide) groups is 1. The van der Waals surface area contributed by atoms with Gasteiger partial charge in [-0.25, -0.2) is 4.98 Å². The van der Waals surface area contributed by atoms with E-state index in [1.54, 1.807) is 9.47 Å². The minimum Gasteiger partial charge on any atom is -0.345 e. The van der Waals surface area contributed by atoms with Gasteiger partial charge in [0.15, 0.2) is 5.16 Å². The molecular weight excluding hydrogens is 354 g/mol. The van der Waals surface area contributed by atoms with Crippen molar-refractivity contribution in [3.63, 3.8) is 0 Å². The summed E-state index contributed by atoms with van der Waals surface area (Å²) >= 11 is 2.80. The Labute approximate surface area is 157 Å². The molecule has 5 nitrogen and oxygen atoms in total. The third-order valence-corrected chi connectivity index (χ3v) is 5.91. The number of hydrogen-bond donors (Lipinski definition) is 0. The van der Waals surface area contributed by atoms with Gasteiger partial charge in [0.05, 0.1) is 11.3 Å². The minimum absolute atomic E-state index is 0.00920. The molecule has 1 amide bonds. The van der Waals surface area contributed by atoms with Crippen molar-refractivity contribution in [1.82, 2.24) is 14.5 Å². The predicted molar refractivity (Wildman–Crippen MR) is 107 cm³/mol. The molecule has 25 heavy (non-hydrogen) atoms. The molecule has 0 aliphatic heterocycles. The minimum atomic E-state index is 0.00920. The fourth-order valence-electron chi connectivity index (χ4n) is 2.37. The van der Waals surface area contributed by atoms with Crippen LogP contribution in [0.5, 0.6) is 0 Å². The molecule has 0 unspecified atom stereocenters. The van der Waals surface area contributed by atoms with E-state index in [-0.39, 0.29) is 11.5 Å². The molecule has 0 aliphatic rings. The predicted octanol–water partition coefficient (Wildman–Crippen LogP) is 3.85. The maximum absolute atomic E-state index is 12.8.